The molecule has 1 saturated heterocycles. The number of benzene rings is 1. The summed E-state index contributed by atoms with van der Waals surface area (Å²) in [6.45, 7) is 7.90. The third-order valence-corrected chi connectivity index (χ3v) is 3.92. The minimum Gasteiger partial charge on any atom is -0.309 e. The zero-order chi connectivity index (χ0) is 14.5. The van der Waals surface area contributed by atoms with E-state index >= 15 is 0 Å². The lowest BCUT2D eigenvalue weighted by molar-refractivity contribution is 0.154. The van der Waals surface area contributed by atoms with Crippen LogP contribution in [0.3, 0.4) is 0 Å². The number of nitrogens with one attached hydrogen (secondary N) is 1. The molecule has 3 nitrogen and oxygen atoms in total. The first-order chi connectivity index (χ1) is 9.58. The Morgan fingerprint density at radius 2 is 1.90 bits per heavy atom. The number of rotatable bonds is 5. The van der Waals surface area contributed by atoms with Gasteiger partial charge in [0, 0.05) is 50.9 Å². The summed E-state index contributed by atoms with van der Waals surface area (Å²) in [7, 11) is 2.13. The fraction of sp³-hybridized carbons (Fsp3) is 0.600. The SMILES string of the molecule is CC(NCCN1CCN(C)CC1)c1cccc(F)c1F. The average molecular weight is 283 g/mol. The first-order valence-corrected chi connectivity index (χ1v) is 7.16. The first-order valence-electron chi connectivity index (χ1n) is 7.16. The summed E-state index contributed by atoms with van der Waals surface area (Å²) in [4.78, 5) is 4.70. The van der Waals surface area contributed by atoms with Gasteiger partial charge in [-0.1, -0.05) is 12.1 Å². The Labute approximate surface area is 119 Å². The number of nitrogens with zero attached hydrogens (tertiary/aromatic N) is 2. The Balaban J connectivity index is 1.77. The normalized spacial score (nSPS) is 19.2. The summed E-state index contributed by atoms with van der Waals surface area (Å²) in [5, 5.41) is 3.26. The van der Waals surface area contributed by atoms with Gasteiger partial charge in [0.15, 0.2) is 11.6 Å². The highest BCUT2D eigenvalue weighted by Crippen LogP contribution is 2.18. The topological polar surface area (TPSA) is 18.5 Å². The molecule has 112 valence electrons. The smallest absolute Gasteiger partial charge is 0.163 e. The second-order valence-electron chi connectivity index (χ2n) is 5.46. The summed E-state index contributed by atoms with van der Waals surface area (Å²) in [5.41, 5.74) is 0.392. The minimum absolute atomic E-state index is 0.182. The van der Waals surface area contributed by atoms with Crippen LogP contribution in [0.25, 0.3) is 0 Å². The highest BCUT2D eigenvalue weighted by molar-refractivity contribution is 5.21. The zero-order valence-corrected chi connectivity index (χ0v) is 12.2. The van der Waals surface area contributed by atoms with Gasteiger partial charge in [-0.2, -0.15) is 0 Å². The Bertz CT molecular complexity index is 431. The molecule has 0 spiro atoms. The van der Waals surface area contributed by atoms with E-state index in [0.717, 1.165) is 45.3 Å². The molecule has 5 heteroatoms. The monoisotopic (exact) mass is 283 g/mol. The maximum absolute atomic E-state index is 13.6. The van der Waals surface area contributed by atoms with Gasteiger partial charge in [-0.3, -0.25) is 4.90 Å². The average Bonchev–Trinajstić information content (AvgIpc) is 2.44. The molecule has 0 saturated carbocycles. The lowest BCUT2D eigenvalue weighted by Crippen LogP contribution is -2.46. The molecule has 1 heterocycles. The van der Waals surface area contributed by atoms with Crippen LogP contribution in [0, 0.1) is 11.6 Å². The van der Waals surface area contributed by atoms with Gasteiger partial charge in [0.1, 0.15) is 0 Å². The van der Waals surface area contributed by atoms with Crippen LogP contribution in [0.15, 0.2) is 18.2 Å². The molecule has 1 aliphatic rings. The maximum atomic E-state index is 13.6. The fourth-order valence-corrected chi connectivity index (χ4v) is 2.48. The van der Waals surface area contributed by atoms with Crippen LogP contribution in [0.2, 0.25) is 0 Å². The molecule has 20 heavy (non-hydrogen) atoms. The van der Waals surface area contributed by atoms with Gasteiger partial charge >= 0.3 is 0 Å². The Morgan fingerprint density at radius 1 is 1.20 bits per heavy atom. The van der Waals surface area contributed by atoms with E-state index in [1.54, 1.807) is 12.1 Å². The van der Waals surface area contributed by atoms with Crippen molar-refractivity contribution in [2.24, 2.45) is 0 Å². The van der Waals surface area contributed by atoms with Crippen LogP contribution in [-0.4, -0.2) is 56.1 Å². The number of hydrogen-bond acceptors (Lipinski definition) is 3. The number of likely N-dealkylation sites (N-methyl/N-ethyl adjacent to an activating group) is 1. The molecule has 1 N–H and O–H groups in total. The van der Waals surface area contributed by atoms with Crippen molar-refractivity contribution >= 4 is 0 Å². The first kappa shape index (κ1) is 15.4. The molecule has 0 amide bonds. The third kappa shape index (κ3) is 3.98. The molecular formula is C15H23F2N3. The van der Waals surface area contributed by atoms with Gasteiger partial charge in [0.05, 0.1) is 0 Å². The molecule has 0 aromatic heterocycles. The van der Waals surface area contributed by atoms with Gasteiger partial charge in [0.2, 0.25) is 0 Å². The van der Waals surface area contributed by atoms with Crippen molar-refractivity contribution in [3.05, 3.63) is 35.4 Å². The Kier molecular flexibility index (Phi) is 5.46. The van der Waals surface area contributed by atoms with E-state index < -0.39 is 11.6 Å². The minimum atomic E-state index is -0.782. The van der Waals surface area contributed by atoms with Gasteiger partial charge in [-0.25, -0.2) is 8.78 Å². The van der Waals surface area contributed by atoms with E-state index in [-0.39, 0.29) is 6.04 Å². The van der Waals surface area contributed by atoms with Crippen LogP contribution >= 0.6 is 0 Å². The summed E-state index contributed by atoms with van der Waals surface area (Å²) in [5.74, 6) is -1.53. The van der Waals surface area contributed by atoms with Crippen molar-refractivity contribution in [1.82, 2.24) is 15.1 Å². The molecule has 2 rings (SSSR count). The van der Waals surface area contributed by atoms with Crippen molar-refractivity contribution in [2.75, 3.05) is 46.3 Å². The number of hydrogen-bond donors (Lipinski definition) is 1. The van der Waals surface area contributed by atoms with Crippen molar-refractivity contribution in [3.63, 3.8) is 0 Å². The molecule has 0 bridgehead atoms. The van der Waals surface area contributed by atoms with Crippen LogP contribution < -0.4 is 5.32 Å². The van der Waals surface area contributed by atoms with Crippen molar-refractivity contribution in [2.45, 2.75) is 13.0 Å². The Morgan fingerprint density at radius 3 is 2.60 bits per heavy atom. The van der Waals surface area contributed by atoms with Crippen LogP contribution in [0.5, 0.6) is 0 Å². The van der Waals surface area contributed by atoms with Gasteiger partial charge in [-0.05, 0) is 20.0 Å². The molecular weight excluding hydrogens is 260 g/mol. The van der Waals surface area contributed by atoms with Crippen molar-refractivity contribution in [1.29, 1.82) is 0 Å². The van der Waals surface area contributed by atoms with E-state index in [9.17, 15) is 8.78 Å². The van der Waals surface area contributed by atoms with E-state index in [1.165, 1.54) is 0 Å². The molecule has 0 aliphatic carbocycles. The van der Waals surface area contributed by atoms with E-state index in [4.69, 9.17) is 0 Å². The second-order valence-corrected chi connectivity index (χ2v) is 5.46. The quantitative estimate of drug-likeness (QED) is 0.890. The molecule has 1 aromatic carbocycles. The van der Waals surface area contributed by atoms with Crippen LogP contribution in [0.1, 0.15) is 18.5 Å². The summed E-state index contributed by atoms with van der Waals surface area (Å²) >= 11 is 0. The van der Waals surface area contributed by atoms with Crippen molar-refractivity contribution in [3.8, 4) is 0 Å². The van der Waals surface area contributed by atoms with Gasteiger partial charge in [-0.15, -0.1) is 0 Å². The molecule has 1 aliphatic heterocycles. The molecule has 1 fully saturated rings. The predicted octanol–water partition coefficient (Wildman–Crippen LogP) is 1.86. The lowest BCUT2D eigenvalue weighted by atomic mass is 10.1. The largest absolute Gasteiger partial charge is 0.309 e. The highest BCUT2D eigenvalue weighted by Gasteiger charge is 2.15. The molecule has 0 radical (unpaired) electrons. The zero-order valence-electron chi connectivity index (χ0n) is 12.2. The van der Waals surface area contributed by atoms with Gasteiger partial charge < -0.3 is 10.2 Å². The lowest BCUT2D eigenvalue weighted by Gasteiger charge is -2.32. The molecule has 1 unspecified atom stereocenters. The summed E-state index contributed by atoms with van der Waals surface area (Å²) < 4.78 is 26.8. The molecule has 1 aromatic rings. The Hall–Kier alpha value is -1.04. The van der Waals surface area contributed by atoms with E-state index in [0.29, 0.717) is 5.56 Å². The summed E-state index contributed by atoms with van der Waals surface area (Å²) in [6, 6.07) is 4.15. The predicted molar refractivity (Wildman–Crippen MR) is 76.7 cm³/mol. The van der Waals surface area contributed by atoms with E-state index in [1.807, 2.05) is 6.92 Å². The standard InChI is InChI=1S/C15H23F2N3/c1-12(13-4-3-5-14(16)15(13)17)18-6-7-20-10-8-19(2)9-11-20/h3-5,12,18H,6-11H2,1-2H3. The van der Waals surface area contributed by atoms with Crippen LogP contribution in [0.4, 0.5) is 8.78 Å². The third-order valence-electron chi connectivity index (χ3n) is 3.92. The highest BCUT2D eigenvalue weighted by atomic mass is 19.2. The maximum Gasteiger partial charge on any atom is 0.163 e. The number of piperazine rings is 1. The van der Waals surface area contributed by atoms with Crippen LogP contribution in [-0.2, 0) is 0 Å². The fourth-order valence-electron chi connectivity index (χ4n) is 2.48. The molecule has 1 atom stereocenters. The second kappa shape index (κ2) is 7.11. The van der Waals surface area contributed by atoms with E-state index in [2.05, 4.69) is 22.2 Å². The summed E-state index contributed by atoms with van der Waals surface area (Å²) in [6.07, 6.45) is 0. The van der Waals surface area contributed by atoms with Gasteiger partial charge in [0.25, 0.3) is 0 Å². The number of halogens is 2. The van der Waals surface area contributed by atoms with Crippen molar-refractivity contribution < 1.29 is 8.78 Å².